The lowest BCUT2D eigenvalue weighted by Gasteiger charge is -2.30. The zero-order valence-electron chi connectivity index (χ0n) is 26.5. The van der Waals surface area contributed by atoms with E-state index in [-0.39, 0.29) is 24.3 Å². The number of amides is 2. The zero-order chi connectivity index (χ0) is 33.6. The van der Waals surface area contributed by atoms with E-state index in [1.807, 2.05) is 30.3 Å². The van der Waals surface area contributed by atoms with Crippen molar-refractivity contribution >= 4 is 33.7 Å². The second-order valence-electron chi connectivity index (χ2n) is 12.1. The molecule has 0 aliphatic rings. The molecule has 242 valence electrons. The first-order valence-corrected chi connectivity index (χ1v) is 16.1. The number of anilines is 1. The van der Waals surface area contributed by atoms with Crippen molar-refractivity contribution in [2.75, 3.05) is 17.6 Å². The third kappa shape index (κ3) is 10.3. The monoisotopic (exact) mass is 641 g/mol. The van der Waals surface area contributed by atoms with E-state index in [4.69, 9.17) is 9.47 Å². The summed E-state index contributed by atoms with van der Waals surface area (Å²) < 4.78 is 50.1. The van der Waals surface area contributed by atoms with Gasteiger partial charge in [-0.2, -0.15) is 0 Å². The van der Waals surface area contributed by atoms with Gasteiger partial charge < -0.3 is 20.1 Å². The summed E-state index contributed by atoms with van der Waals surface area (Å²) in [6.45, 7) is 8.02. The number of alkyl carbamates (subject to hydrolysis) is 1. The third-order valence-electron chi connectivity index (χ3n) is 6.82. The maximum absolute atomic E-state index is 13.6. The van der Waals surface area contributed by atoms with Crippen molar-refractivity contribution in [3.05, 3.63) is 101 Å². The number of esters is 1. The first kappa shape index (κ1) is 35.0. The fraction of sp³-hybridized carbons (Fsp3) is 0.364. The summed E-state index contributed by atoms with van der Waals surface area (Å²) in [6.07, 6.45) is 0.314. The number of carbonyl (C=O) groups excluding carboxylic acids is 3. The minimum Gasteiger partial charge on any atom is -0.459 e. The molecule has 3 aromatic carbocycles. The zero-order valence-corrected chi connectivity index (χ0v) is 27.3. The second-order valence-corrected chi connectivity index (χ2v) is 14.1. The van der Waals surface area contributed by atoms with Gasteiger partial charge in [-0.1, -0.05) is 42.5 Å². The third-order valence-corrected chi connectivity index (χ3v) is 8.02. The number of halogens is 1. The Kier molecular flexibility index (Phi) is 11.0. The molecule has 10 nitrogen and oxygen atoms in total. The highest BCUT2D eigenvalue weighted by molar-refractivity contribution is 7.92. The second kappa shape index (κ2) is 14.1. The molecule has 0 saturated carbocycles. The molecule has 0 radical (unpaired) electrons. The molecule has 3 rings (SSSR count). The van der Waals surface area contributed by atoms with Crippen LogP contribution in [0.15, 0.2) is 72.8 Å². The van der Waals surface area contributed by atoms with E-state index >= 15 is 0 Å². The molecule has 3 aromatic rings. The number of ether oxygens (including phenoxy) is 2. The molecule has 0 unspecified atom stereocenters. The van der Waals surface area contributed by atoms with E-state index in [1.165, 1.54) is 44.3 Å². The summed E-state index contributed by atoms with van der Waals surface area (Å²) >= 11 is 0. The number of hydrogen-bond acceptors (Lipinski definition) is 7. The Morgan fingerprint density at radius 1 is 0.933 bits per heavy atom. The average molecular weight is 642 g/mol. The fourth-order valence-corrected chi connectivity index (χ4v) is 4.87. The number of nitrogens with zero attached hydrogens (tertiary/aromatic N) is 1. The smallest absolute Gasteiger partial charge is 0.408 e. The Hall–Kier alpha value is -4.45. The van der Waals surface area contributed by atoms with E-state index in [0.717, 1.165) is 16.1 Å². The van der Waals surface area contributed by atoms with Crippen molar-refractivity contribution in [2.45, 2.75) is 64.8 Å². The highest BCUT2D eigenvalue weighted by Crippen LogP contribution is 2.24. The number of hydrogen-bond donors (Lipinski definition) is 2. The van der Waals surface area contributed by atoms with Crippen molar-refractivity contribution < 1.29 is 36.7 Å². The van der Waals surface area contributed by atoms with Gasteiger partial charge >= 0.3 is 12.1 Å². The van der Waals surface area contributed by atoms with Gasteiger partial charge in [0, 0.05) is 19.0 Å². The summed E-state index contributed by atoms with van der Waals surface area (Å²) in [5, 5.41) is 5.47. The van der Waals surface area contributed by atoms with Gasteiger partial charge in [0.2, 0.25) is 10.0 Å². The topological polar surface area (TPSA) is 131 Å². The Balaban J connectivity index is 1.89. The van der Waals surface area contributed by atoms with E-state index in [0.29, 0.717) is 11.1 Å². The number of rotatable bonds is 11. The molecule has 0 aliphatic carbocycles. The van der Waals surface area contributed by atoms with Crippen molar-refractivity contribution in [3.8, 4) is 0 Å². The molecular formula is C33H40FN3O7S. The Labute approximate surface area is 264 Å². The summed E-state index contributed by atoms with van der Waals surface area (Å²) in [5.74, 6) is -1.70. The average Bonchev–Trinajstić information content (AvgIpc) is 2.94. The summed E-state index contributed by atoms with van der Waals surface area (Å²) in [4.78, 5) is 39.6. The van der Waals surface area contributed by atoms with Crippen LogP contribution in [-0.2, 0) is 37.3 Å². The van der Waals surface area contributed by atoms with Crippen LogP contribution in [0, 0.1) is 5.82 Å². The van der Waals surface area contributed by atoms with Crippen LogP contribution in [0.25, 0.3) is 0 Å². The Morgan fingerprint density at radius 2 is 1.56 bits per heavy atom. The van der Waals surface area contributed by atoms with Crippen LogP contribution < -0.4 is 14.9 Å². The molecule has 0 aromatic heterocycles. The van der Waals surface area contributed by atoms with Gasteiger partial charge in [0.1, 0.15) is 23.6 Å². The minimum absolute atomic E-state index is 0.0949. The van der Waals surface area contributed by atoms with Crippen molar-refractivity contribution in [2.24, 2.45) is 0 Å². The van der Waals surface area contributed by atoms with Gasteiger partial charge in [0.25, 0.3) is 5.91 Å². The molecule has 12 heteroatoms. The molecule has 0 aliphatic heterocycles. The van der Waals surface area contributed by atoms with Crippen molar-refractivity contribution in [1.29, 1.82) is 0 Å². The van der Waals surface area contributed by atoms with Crippen molar-refractivity contribution in [3.63, 3.8) is 0 Å². The number of benzene rings is 3. The SMILES string of the molecule is C[C@@H](NC(=O)c1cc(COC(=O)[C@@](C)(Cc2ccccc2)NC(=O)OC(C)(C)C)cc(N(C)S(C)(=O)=O)c1)c1ccc(F)cc1. The fourth-order valence-electron chi connectivity index (χ4n) is 4.39. The maximum atomic E-state index is 13.6. The number of sulfonamides is 1. The predicted molar refractivity (Wildman–Crippen MR) is 170 cm³/mol. The van der Waals surface area contributed by atoms with Crippen LogP contribution in [0.2, 0.25) is 0 Å². The first-order chi connectivity index (χ1) is 20.9. The maximum Gasteiger partial charge on any atom is 0.408 e. The molecule has 0 saturated heterocycles. The van der Waals surface area contributed by atoms with Gasteiger partial charge in [0.15, 0.2) is 0 Å². The highest BCUT2D eigenvalue weighted by Gasteiger charge is 2.38. The molecular weight excluding hydrogens is 601 g/mol. The molecule has 2 amide bonds. The lowest BCUT2D eigenvalue weighted by atomic mass is 9.93. The van der Waals surface area contributed by atoms with Gasteiger partial charge in [-0.05, 0) is 81.6 Å². The summed E-state index contributed by atoms with van der Waals surface area (Å²) in [7, 11) is -2.37. The lowest BCUT2D eigenvalue weighted by molar-refractivity contribution is -0.152. The molecule has 0 heterocycles. The Morgan fingerprint density at radius 3 is 2.13 bits per heavy atom. The molecule has 0 bridgehead atoms. The van der Waals surface area contributed by atoms with Crippen LogP contribution in [0.3, 0.4) is 0 Å². The van der Waals surface area contributed by atoms with E-state index in [9.17, 15) is 27.2 Å². The minimum atomic E-state index is -3.71. The Bertz CT molecular complexity index is 1620. The molecule has 2 atom stereocenters. The standard InChI is InChI=1S/C33H40FN3O7S/c1-22(25-13-15-27(34)16-14-25)35-29(38)26-17-24(18-28(19-26)37(6)45(7,41)42)21-43-30(39)33(5,20-23-11-9-8-10-12-23)36-31(40)44-32(2,3)4/h8-19,22H,20-21H2,1-7H3,(H,35,38)(H,36,40)/t22-,33-/m1/s1. The van der Waals surface area contributed by atoms with E-state index in [2.05, 4.69) is 10.6 Å². The van der Waals surface area contributed by atoms with Gasteiger partial charge in [-0.3, -0.25) is 9.10 Å². The predicted octanol–water partition coefficient (Wildman–Crippen LogP) is 5.28. The normalized spacial score (nSPS) is 13.6. The van der Waals surface area contributed by atoms with Crippen LogP contribution >= 0.6 is 0 Å². The van der Waals surface area contributed by atoms with Gasteiger partial charge in [-0.25, -0.2) is 22.4 Å². The van der Waals surface area contributed by atoms with E-state index in [1.54, 1.807) is 39.8 Å². The highest BCUT2D eigenvalue weighted by atomic mass is 32.2. The molecule has 0 fully saturated rings. The summed E-state index contributed by atoms with van der Waals surface area (Å²) in [6, 6.07) is 18.6. The molecule has 0 spiro atoms. The summed E-state index contributed by atoms with van der Waals surface area (Å²) in [5.41, 5.74) is -0.298. The largest absolute Gasteiger partial charge is 0.459 e. The quantitative estimate of drug-likeness (QED) is 0.272. The van der Waals surface area contributed by atoms with Crippen LogP contribution in [-0.4, -0.2) is 50.8 Å². The number of carbonyl (C=O) groups is 3. The van der Waals surface area contributed by atoms with Crippen LogP contribution in [0.5, 0.6) is 0 Å². The molecule has 2 N–H and O–H groups in total. The number of nitrogens with one attached hydrogen (secondary N) is 2. The van der Waals surface area contributed by atoms with Crippen LogP contribution in [0.1, 0.15) is 67.7 Å². The lowest BCUT2D eigenvalue weighted by Crippen LogP contribution is -2.55. The van der Waals surface area contributed by atoms with E-state index < -0.39 is 51.0 Å². The molecule has 45 heavy (non-hydrogen) atoms. The van der Waals surface area contributed by atoms with Gasteiger partial charge in [-0.15, -0.1) is 0 Å². The van der Waals surface area contributed by atoms with Gasteiger partial charge in [0.05, 0.1) is 18.0 Å². The van der Waals surface area contributed by atoms with Crippen molar-refractivity contribution in [1.82, 2.24) is 10.6 Å². The first-order valence-electron chi connectivity index (χ1n) is 14.2. The van der Waals surface area contributed by atoms with Crippen LogP contribution in [0.4, 0.5) is 14.9 Å².